The maximum atomic E-state index is 14.1. The minimum absolute atomic E-state index is 0.110. The van der Waals surface area contributed by atoms with Gasteiger partial charge in [0.05, 0.1) is 6.42 Å². The SMILES string of the molecule is CC[C@H](C(=O)NC(C)(C)C)N(Cc1ccc(Cl)cc1Cl)C(=O)Cc1ccccc1F. The summed E-state index contributed by atoms with van der Waals surface area (Å²) in [6, 6.07) is 10.4. The molecular formula is C23H27Cl2FN2O2. The third-order valence-electron chi connectivity index (χ3n) is 4.54. The van der Waals surface area contributed by atoms with E-state index in [0.29, 0.717) is 22.0 Å². The van der Waals surface area contributed by atoms with E-state index in [1.807, 2.05) is 27.7 Å². The third-order valence-corrected chi connectivity index (χ3v) is 5.13. The van der Waals surface area contributed by atoms with Crippen LogP contribution in [0.5, 0.6) is 0 Å². The molecule has 0 saturated carbocycles. The molecule has 0 bridgehead atoms. The molecule has 7 heteroatoms. The van der Waals surface area contributed by atoms with Crippen molar-refractivity contribution < 1.29 is 14.0 Å². The lowest BCUT2D eigenvalue weighted by atomic mass is 10.0. The molecule has 162 valence electrons. The largest absolute Gasteiger partial charge is 0.350 e. The standard InChI is InChI=1S/C23H27Cl2FN2O2/c1-5-20(22(30)27-23(2,3)4)28(14-16-10-11-17(24)13-18(16)25)21(29)12-15-8-6-7-9-19(15)26/h6-11,13,20H,5,12,14H2,1-4H3,(H,27,30)/t20-/m1/s1. The quantitative estimate of drug-likeness (QED) is 0.611. The van der Waals surface area contributed by atoms with Gasteiger partial charge in [-0.15, -0.1) is 0 Å². The number of carbonyl (C=O) groups is 2. The van der Waals surface area contributed by atoms with Gasteiger partial charge in [-0.1, -0.05) is 54.4 Å². The summed E-state index contributed by atoms with van der Waals surface area (Å²) in [7, 11) is 0. The van der Waals surface area contributed by atoms with Crippen LogP contribution in [0.4, 0.5) is 4.39 Å². The highest BCUT2D eigenvalue weighted by Gasteiger charge is 2.31. The third kappa shape index (κ3) is 6.71. The van der Waals surface area contributed by atoms with Gasteiger partial charge in [-0.25, -0.2) is 4.39 Å². The van der Waals surface area contributed by atoms with Crippen molar-refractivity contribution in [1.82, 2.24) is 10.2 Å². The average Bonchev–Trinajstić information content (AvgIpc) is 2.63. The molecule has 2 aromatic rings. The van der Waals surface area contributed by atoms with Gasteiger partial charge in [0.1, 0.15) is 11.9 Å². The minimum Gasteiger partial charge on any atom is -0.350 e. The summed E-state index contributed by atoms with van der Waals surface area (Å²) in [5.41, 5.74) is 0.480. The molecular weight excluding hydrogens is 426 g/mol. The zero-order chi connectivity index (χ0) is 22.5. The summed E-state index contributed by atoms with van der Waals surface area (Å²) in [4.78, 5) is 27.6. The maximum absolute atomic E-state index is 14.1. The topological polar surface area (TPSA) is 49.4 Å². The Bertz CT molecular complexity index is 912. The van der Waals surface area contributed by atoms with E-state index in [-0.39, 0.29) is 30.3 Å². The van der Waals surface area contributed by atoms with Crippen molar-refractivity contribution in [1.29, 1.82) is 0 Å². The van der Waals surface area contributed by atoms with Gasteiger partial charge in [0.2, 0.25) is 11.8 Å². The first-order chi connectivity index (χ1) is 14.0. The van der Waals surface area contributed by atoms with Crippen LogP contribution in [0.25, 0.3) is 0 Å². The highest BCUT2D eigenvalue weighted by molar-refractivity contribution is 6.35. The van der Waals surface area contributed by atoms with Gasteiger partial charge < -0.3 is 10.2 Å². The molecule has 2 amide bonds. The first-order valence-electron chi connectivity index (χ1n) is 9.80. The Hall–Kier alpha value is -2.11. The summed E-state index contributed by atoms with van der Waals surface area (Å²) in [6.45, 7) is 7.57. The van der Waals surface area contributed by atoms with E-state index in [1.54, 1.807) is 36.4 Å². The number of hydrogen-bond donors (Lipinski definition) is 1. The van der Waals surface area contributed by atoms with Crippen molar-refractivity contribution in [2.24, 2.45) is 0 Å². The van der Waals surface area contributed by atoms with E-state index in [9.17, 15) is 14.0 Å². The van der Waals surface area contributed by atoms with Crippen LogP contribution in [-0.4, -0.2) is 28.3 Å². The Morgan fingerprint density at radius 2 is 1.77 bits per heavy atom. The molecule has 1 N–H and O–H groups in total. The van der Waals surface area contributed by atoms with Crippen LogP contribution in [0.15, 0.2) is 42.5 Å². The van der Waals surface area contributed by atoms with E-state index in [1.165, 1.54) is 11.0 Å². The molecule has 0 aliphatic heterocycles. The monoisotopic (exact) mass is 452 g/mol. The van der Waals surface area contributed by atoms with Crippen LogP contribution < -0.4 is 5.32 Å². The van der Waals surface area contributed by atoms with E-state index in [4.69, 9.17) is 23.2 Å². The van der Waals surface area contributed by atoms with Crippen LogP contribution in [0, 0.1) is 5.82 Å². The molecule has 0 saturated heterocycles. The number of hydrogen-bond acceptors (Lipinski definition) is 2. The lowest BCUT2D eigenvalue weighted by molar-refractivity contribution is -0.141. The van der Waals surface area contributed by atoms with Crippen LogP contribution in [0.1, 0.15) is 45.2 Å². The second kappa shape index (κ2) is 10.3. The summed E-state index contributed by atoms with van der Waals surface area (Å²) in [5.74, 6) is -1.08. The molecule has 0 aliphatic carbocycles. The van der Waals surface area contributed by atoms with Gasteiger partial charge in [-0.05, 0) is 56.5 Å². The molecule has 0 fully saturated rings. The van der Waals surface area contributed by atoms with Crippen LogP contribution in [0.3, 0.4) is 0 Å². The zero-order valence-corrected chi connectivity index (χ0v) is 19.1. The van der Waals surface area contributed by atoms with Gasteiger partial charge in [0, 0.05) is 22.1 Å². The van der Waals surface area contributed by atoms with Crippen LogP contribution in [0.2, 0.25) is 10.0 Å². The second-order valence-corrected chi connectivity index (χ2v) is 9.03. The second-order valence-electron chi connectivity index (χ2n) is 8.19. The number of nitrogens with one attached hydrogen (secondary N) is 1. The predicted molar refractivity (Wildman–Crippen MR) is 119 cm³/mol. The number of nitrogens with zero attached hydrogens (tertiary/aromatic N) is 1. The Balaban J connectivity index is 2.38. The number of carbonyl (C=O) groups excluding carboxylic acids is 2. The van der Waals surface area contributed by atoms with Gasteiger partial charge in [-0.3, -0.25) is 9.59 Å². The molecule has 1 atom stereocenters. The van der Waals surface area contributed by atoms with Gasteiger partial charge in [0.25, 0.3) is 0 Å². The van der Waals surface area contributed by atoms with E-state index in [2.05, 4.69) is 5.32 Å². The number of halogens is 3. The first-order valence-corrected chi connectivity index (χ1v) is 10.6. The van der Waals surface area contributed by atoms with Crippen molar-refractivity contribution in [3.05, 3.63) is 69.5 Å². The molecule has 0 radical (unpaired) electrons. The molecule has 2 aromatic carbocycles. The summed E-state index contributed by atoms with van der Waals surface area (Å²) in [6.07, 6.45) is 0.243. The van der Waals surface area contributed by atoms with Crippen molar-refractivity contribution in [3.63, 3.8) is 0 Å². The Morgan fingerprint density at radius 1 is 1.10 bits per heavy atom. The summed E-state index contributed by atoms with van der Waals surface area (Å²) < 4.78 is 14.1. The molecule has 2 rings (SSSR count). The lowest BCUT2D eigenvalue weighted by Crippen LogP contribution is -2.53. The van der Waals surface area contributed by atoms with Crippen molar-refractivity contribution in [2.75, 3.05) is 0 Å². The fourth-order valence-corrected chi connectivity index (χ4v) is 3.58. The highest BCUT2D eigenvalue weighted by Crippen LogP contribution is 2.24. The Morgan fingerprint density at radius 3 is 2.33 bits per heavy atom. The number of benzene rings is 2. The Labute approximate surface area is 187 Å². The van der Waals surface area contributed by atoms with Crippen molar-refractivity contribution in [3.8, 4) is 0 Å². The predicted octanol–water partition coefficient (Wildman–Crippen LogP) is 5.40. The fraction of sp³-hybridized carbons (Fsp3) is 0.391. The van der Waals surface area contributed by atoms with Gasteiger partial charge in [0.15, 0.2) is 0 Å². The van der Waals surface area contributed by atoms with E-state index in [0.717, 1.165) is 0 Å². The number of amides is 2. The normalized spacial score (nSPS) is 12.4. The average molecular weight is 453 g/mol. The molecule has 0 aliphatic rings. The first kappa shape index (κ1) is 24.2. The Kier molecular flexibility index (Phi) is 8.27. The summed E-state index contributed by atoms with van der Waals surface area (Å²) in [5, 5.41) is 3.81. The van der Waals surface area contributed by atoms with Crippen molar-refractivity contribution in [2.45, 2.75) is 58.7 Å². The lowest BCUT2D eigenvalue weighted by Gasteiger charge is -2.33. The number of rotatable bonds is 7. The molecule has 30 heavy (non-hydrogen) atoms. The minimum atomic E-state index is -0.727. The van der Waals surface area contributed by atoms with Gasteiger partial charge in [-0.2, -0.15) is 0 Å². The van der Waals surface area contributed by atoms with Crippen LogP contribution >= 0.6 is 23.2 Å². The molecule has 0 aromatic heterocycles. The molecule has 0 unspecified atom stereocenters. The summed E-state index contributed by atoms with van der Waals surface area (Å²) >= 11 is 12.3. The van der Waals surface area contributed by atoms with Crippen molar-refractivity contribution >= 4 is 35.0 Å². The maximum Gasteiger partial charge on any atom is 0.243 e. The molecule has 0 spiro atoms. The van der Waals surface area contributed by atoms with Crippen LogP contribution in [-0.2, 0) is 22.6 Å². The van der Waals surface area contributed by atoms with E-state index < -0.39 is 17.4 Å². The fourth-order valence-electron chi connectivity index (χ4n) is 3.11. The zero-order valence-electron chi connectivity index (χ0n) is 17.6. The molecule has 0 heterocycles. The van der Waals surface area contributed by atoms with E-state index >= 15 is 0 Å². The smallest absolute Gasteiger partial charge is 0.243 e. The molecule has 4 nitrogen and oxygen atoms in total. The highest BCUT2D eigenvalue weighted by atomic mass is 35.5. The van der Waals surface area contributed by atoms with Gasteiger partial charge >= 0.3 is 0 Å².